The number of piperazine rings is 1. The molecule has 0 spiro atoms. The summed E-state index contributed by atoms with van der Waals surface area (Å²) in [5.74, 6) is 0.667. The molecule has 3 rings (SSSR count). The summed E-state index contributed by atoms with van der Waals surface area (Å²) in [5, 5.41) is 6.78. The first-order valence-corrected chi connectivity index (χ1v) is 8.73. The molecule has 2 aromatic rings. The number of nitrogens with one attached hydrogen (secondary N) is 3. The third kappa shape index (κ3) is 2.97. The Morgan fingerprint density at radius 2 is 1.82 bits per heavy atom. The summed E-state index contributed by atoms with van der Waals surface area (Å²) in [5.41, 5.74) is 2.08. The number of hydrogen-bond acceptors (Lipinski definition) is 3. The lowest BCUT2D eigenvalue weighted by Gasteiger charge is -2.29. The van der Waals surface area contributed by atoms with Crippen LogP contribution in [0.15, 0.2) is 30.5 Å². The van der Waals surface area contributed by atoms with Crippen LogP contribution < -0.4 is 10.6 Å². The van der Waals surface area contributed by atoms with Gasteiger partial charge in [-0.1, -0.05) is 18.2 Å². The largest absolute Gasteiger partial charge is 0.361 e. The second-order valence-electron chi connectivity index (χ2n) is 5.47. The molecule has 5 nitrogen and oxygen atoms in total. The van der Waals surface area contributed by atoms with E-state index in [1.165, 1.54) is 0 Å². The molecule has 116 valence electrons. The van der Waals surface area contributed by atoms with Gasteiger partial charge in [0.1, 0.15) is 12.1 Å². The Kier molecular flexibility index (Phi) is 4.38. The summed E-state index contributed by atoms with van der Waals surface area (Å²) in [6, 6.07) is 7.05. The van der Waals surface area contributed by atoms with Gasteiger partial charge in [0.15, 0.2) is 0 Å². The van der Waals surface area contributed by atoms with Crippen LogP contribution in [0, 0.1) is 0 Å². The van der Waals surface area contributed by atoms with E-state index < -0.39 is 12.1 Å². The highest BCUT2D eigenvalue weighted by molar-refractivity contribution is 7.98. The average Bonchev–Trinajstić information content (AvgIpc) is 2.92. The summed E-state index contributed by atoms with van der Waals surface area (Å²) < 4.78 is 0. The van der Waals surface area contributed by atoms with Crippen molar-refractivity contribution in [2.75, 3.05) is 12.0 Å². The minimum Gasteiger partial charge on any atom is -0.361 e. The van der Waals surface area contributed by atoms with E-state index in [9.17, 15) is 9.59 Å². The number of para-hydroxylation sites is 1. The van der Waals surface area contributed by atoms with Crippen LogP contribution in [0.5, 0.6) is 0 Å². The number of carbonyl (C=O) groups is 2. The molecule has 0 aliphatic carbocycles. The van der Waals surface area contributed by atoms with Crippen LogP contribution >= 0.6 is 11.8 Å². The first-order chi connectivity index (χ1) is 10.7. The van der Waals surface area contributed by atoms with Crippen molar-refractivity contribution in [3.05, 3.63) is 36.0 Å². The summed E-state index contributed by atoms with van der Waals surface area (Å²) in [6.07, 6.45) is 5.06. The highest BCUT2D eigenvalue weighted by Crippen LogP contribution is 2.20. The molecule has 6 heteroatoms. The molecule has 1 fully saturated rings. The number of amides is 2. The van der Waals surface area contributed by atoms with Crippen molar-refractivity contribution in [2.24, 2.45) is 0 Å². The number of rotatable bonds is 5. The summed E-state index contributed by atoms with van der Waals surface area (Å²) in [7, 11) is 0. The van der Waals surface area contributed by atoms with Crippen molar-refractivity contribution >= 4 is 34.5 Å². The summed E-state index contributed by atoms with van der Waals surface area (Å²) >= 11 is 1.67. The topological polar surface area (TPSA) is 74.0 Å². The lowest BCUT2D eigenvalue weighted by molar-refractivity contribution is -0.136. The fraction of sp³-hybridized carbons (Fsp3) is 0.375. The van der Waals surface area contributed by atoms with Crippen LogP contribution in [-0.4, -0.2) is 40.9 Å². The van der Waals surface area contributed by atoms with Crippen molar-refractivity contribution in [3.8, 4) is 0 Å². The van der Waals surface area contributed by atoms with Crippen molar-refractivity contribution < 1.29 is 9.59 Å². The van der Waals surface area contributed by atoms with Crippen LogP contribution in [-0.2, 0) is 16.0 Å². The zero-order valence-electron chi connectivity index (χ0n) is 12.4. The van der Waals surface area contributed by atoms with E-state index in [2.05, 4.69) is 15.6 Å². The first-order valence-electron chi connectivity index (χ1n) is 7.33. The lowest BCUT2D eigenvalue weighted by atomic mass is 10.0. The highest BCUT2D eigenvalue weighted by Gasteiger charge is 2.33. The number of fused-ring (bicyclic) bond motifs is 1. The van der Waals surface area contributed by atoms with E-state index in [0.717, 1.165) is 22.2 Å². The Morgan fingerprint density at radius 3 is 2.64 bits per heavy atom. The molecular formula is C16H19N3O2S. The number of hydrogen-bond donors (Lipinski definition) is 3. The lowest BCUT2D eigenvalue weighted by Crippen LogP contribution is -2.62. The Morgan fingerprint density at radius 1 is 1.09 bits per heavy atom. The average molecular weight is 317 g/mol. The van der Waals surface area contributed by atoms with E-state index in [4.69, 9.17) is 0 Å². The number of aromatic amines is 1. The van der Waals surface area contributed by atoms with Gasteiger partial charge in [-0.05, 0) is 30.1 Å². The highest BCUT2D eigenvalue weighted by atomic mass is 32.2. The first kappa shape index (κ1) is 15.0. The molecule has 0 unspecified atom stereocenters. The van der Waals surface area contributed by atoms with Crippen LogP contribution in [0.2, 0.25) is 0 Å². The molecule has 2 atom stereocenters. The predicted molar refractivity (Wildman–Crippen MR) is 88.9 cm³/mol. The quantitative estimate of drug-likeness (QED) is 0.781. The second-order valence-corrected chi connectivity index (χ2v) is 6.45. The normalized spacial score (nSPS) is 21.7. The second kappa shape index (κ2) is 6.44. The van der Waals surface area contributed by atoms with Gasteiger partial charge in [-0.3, -0.25) is 9.59 Å². The van der Waals surface area contributed by atoms with E-state index in [1.807, 2.05) is 36.7 Å². The summed E-state index contributed by atoms with van der Waals surface area (Å²) in [6.45, 7) is 0. The molecule has 0 radical (unpaired) electrons. The van der Waals surface area contributed by atoms with Crippen LogP contribution in [0.25, 0.3) is 10.9 Å². The smallest absolute Gasteiger partial charge is 0.243 e. The van der Waals surface area contributed by atoms with Gasteiger partial charge in [-0.15, -0.1) is 0 Å². The Balaban J connectivity index is 1.71. The summed E-state index contributed by atoms with van der Waals surface area (Å²) in [4.78, 5) is 27.5. The zero-order valence-corrected chi connectivity index (χ0v) is 13.2. The van der Waals surface area contributed by atoms with Crippen molar-refractivity contribution in [2.45, 2.75) is 24.9 Å². The van der Waals surface area contributed by atoms with Gasteiger partial charge in [0.05, 0.1) is 0 Å². The van der Waals surface area contributed by atoms with Gasteiger partial charge in [-0.2, -0.15) is 11.8 Å². The fourth-order valence-corrected chi connectivity index (χ4v) is 3.25. The van der Waals surface area contributed by atoms with Crippen molar-refractivity contribution in [1.82, 2.24) is 15.6 Å². The minimum atomic E-state index is -0.503. The van der Waals surface area contributed by atoms with Gasteiger partial charge in [-0.25, -0.2) is 0 Å². The van der Waals surface area contributed by atoms with Gasteiger partial charge in [0, 0.05) is 23.5 Å². The molecule has 1 aliphatic rings. The third-order valence-electron chi connectivity index (χ3n) is 3.98. The van der Waals surface area contributed by atoms with E-state index in [0.29, 0.717) is 12.8 Å². The van der Waals surface area contributed by atoms with E-state index in [1.54, 1.807) is 11.8 Å². The van der Waals surface area contributed by atoms with Crippen LogP contribution in [0.1, 0.15) is 12.0 Å². The molecule has 22 heavy (non-hydrogen) atoms. The SMILES string of the molecule is CSCC[C@H]1NC(=O)[C@@H](Cc2c[nH]c3ccccc23)NC1=O. The maximum atomic E-state index is 12.2. The van der Waals surface area contributed by atoms with Crippen LogP contribution in [0.3, 0.4) is 0 Å². The van der Waals surface area contributed by atoms with Gasteiger partial charge in [0.2, 0.25) is 11.8 Å². The Bertz CT molecular complexity index is 698. The maximum absolute atomic E-state index is 12.2. The number of benzene rings is 1. The van der Waals surface area contributed by atoms with Gasteiger partial charge in [0.25, 0.3) is 0 Å². The molecule has 3 N–H and O–H groups in total. The molecule has 2 heterocycles. The molecule has 0 saturated carbocycles. The molecule has 1 saturated heterocycles. The Labute approximate surface area is 133 Å². The predicted octanol–water partition coefficient (Wildman–Crippen LogP) is 1.45. The standard InChI is InChI=1S/C16H19N3O2S/c1-22-7-6-13-15(20)19-14(16(21)18-13)8-10-9-17-12-5-3-2-4-11(10)12/h2-5,9,13-14,17H,6-8H2,1H3,(H,18,21)(H,19,20)/t13-,14-/m1/s1. The minimum absolute atomic E-state index is 0.0847. The van der Waals surface area contributed by atoms with Crippen molar-refractivity contribution in [1.29, 1.82) is 0 Å². The molecule has 0 bridgehead atoms. The molecule has 1 aliphatic heterocycles. The molecule has 2 amide bonds. The number of aromatic nitrogens is 1. The van der Waals surface area contributed by atoms with E-state index in [-0.39, 0.29) is 11.8 Å². The third-order valence-corrected chi connectivity index (χ3v) is 4.62. The van der Waals surface area contributed by atoms with Crippen molar-refractivity contribution in [3.63, 3.8) is 0 Å². The number of carbonyl (C=O) groups excluding carboxylic acids is 2. The fourth-order valence-electron chi connectivity index (χ4n) is 2.78. The number of thioether (sulfide) groups is 1. The van der Waals surface area contributed by atoms with Crippen LogP contribution in [0.4, 0.5) is 0 Å². The zero-order chi connectivity index (χ0) is 15.5. The maximum Gasteiger partial charge on any atom is 0.243 e. The van der Waals surface area contributed by atoms with Gasteiger partial charge < -0.3 is 15.6 Å². The van der Waals surface area contributed by atoms with E-state index >= 15 is 0 Å². The Hall–Kier alpha value is -1.95. The molecular weight excluding hydrogens is 298 g/mol. The van der Waals surface area contributed by atoms with Gasteiger partial charge >= 0.3 is 0 Å². The monoisotopic (exact) mass is 317 g/mol. The number of H-pyrrole nitrogens is 1. The molecule has 1 aromatic heterocycles. The molecule has 1 aromatic carbocycles.